The number of anilines is 1. The molecule has 0 saturated carbocycles. The third kappa shape index (κ3) is 3.55. The molecule has 0 bridgehead atoms. The smallest absolute Gasteiger partial charge is 0.240 e. The van der Waals surface area contributed by atoms with Crippen LogP contribution in [0.3, 0.4) is 0 Å². The van der Waals surface area contributed by atoms with Crippen molar-refractivity contribution >= 4 is 27.4 Å². The SMILES string of the molecule is CCc1cc2c(N3CCN(Cc4nc(COC)no4)CC3)ncnc2s1. The van der Waals surface area contributed by atoms with Crippen molar-refractivity contribution in [3.8, 4) is 0 Å². The molecule has 0 amide bonds. The zero-order chi connectivity index (χ0) is 17.9. The van der Waals surface area contributed by atoms with Crippen molar-refractivity contribution in [3.05, 3.63) is 29.0 Å². The van der Waals surface area contributed by atoms with Gasteiger partial charge in [0, 0.05) is 38.2 Å². The lowest BCUT2D eigenvalue weighted by Gasteiger charge is -2.34. The Hall–Kier alpha value is -2.10. The van der Waals surface area contributed by atoms with Gasteiger partial charge in [0.25, 0.3) is 0 Å². The van der Waals surface area contributed by atoms with Crippen molar-refractivity contribution in [2.24, 2.45) is 0 Å². The van der Waals surface area contributed by atoms with Gasteiger partial charge in [0.15, 0.2) is 5.82 Å². The van der Waals surface area contributed by atoms with E-state index in [0.717, 1.165) is 43.2 Å². The van der Waals surface area contributed by atoms with E-state index in [1.165, 1.54) is 10.3 Å². The van der Waals surface area contributed by atoms with Gasteiger partial charge in [-0.15, -0.1) is 11.3 Å². The van der Waals surface area contributed by atoms with E-state index < -0.39 is 0 Å². The number of thiophene rings is 1. The summed E-state index contributed by atoms with van der Waals surface area (Å²) >= 11 is 1.76. The maximum absolute atomic E-state index is 5.29. The van der Waals surface area contributed by atoms with Gasteiger partial charge in [0.1, 0.15) is 23.6 Å². The summed E-state index contributed by atoms with van der Waals surface area (Å²) in [4.78, 5) is 20.4. The first-order chi connectivity index (χ1) is 12.8. The summed E-state index contributed by atoms with van der Waals surface area (Å²) in [5, 5.41) is 5.08. The minimum absolute atomic E-state index is 0.376. The van der Waals surface area contributed by atoms with Gasteiger partial charge in [-0.1, -0.05) is 12.1 Å². The zero-order valence-electron chi connectivity index (χ0n) is 15.0. The number of rotatable bonds is 6. The molecule has 3 aromatic rings. The molecule has 138 valence electrons. The molecule has 1 aliphatic rings. The second-order valence-electron chi connectivity index (χ2n) is 6.28. The van der Waals surface area contributed by atoms with E-state index in [-0.39, 0.29) is 0 Å². The van der Waals surface area contributed by atoms with E-state index in [2.05, 4.69) is 42.9 Å². The van der Waals surface area contributed by atoms with Crippen LogP contribution in [0.25, 0.3) is 10.2 Å². The zero-order valence-corrected chi connectivity index (χ0v) is 15.8. The molecule has 0 spiro atoms. The summed E-state index contributed by atoms with van der Waals surface area (Å²) in [5.41, 5.74) is 0. The summed E-state index contributed by atoms with van der Waals surface area (Å²) in [6, 6.07) is 2.23. The van der Waals surface area contributed by atoms with E-state index in [0.29, 0.717) is 24.9 Å². The first kappa shape index (κ1) is 17.3. The molecule has 4 heterocycles. The van der Waals surface area contributed by atoms with E-state index in [1.807, 2.05) is 0 Å². The standard InChI is InChI=1S/C17H22N6O2S/c1-3-12-8-13-16(18-11-19-17(13)26-12)23-6-4-22(5-7-23)9-15-20-14(10-24-2)21-25-15/h8,11H,3-7,9-10H2,1-2H3. The van der Waals surface area contributed by atoms with Gasteiger partial charge < -0.3 is 14.2 Å². The van der Waals surface area contributed by atoms with Crippen LogP contribution in [-0.4, -0.2) is 58.3 Å². The fourth-order valence-electron chi connectivity index (χ4n) is 3.17. The molecule has 9 heteroatoms. The predicted molar refractivity (Wildman–Crippen MR) is 99.3 cm³/mol. The molecule has 8 nitrogen and oxygen atoms in total. The average Bonchev–Trinajstić information content (AvgIpc) is 3.29. The Morgan fingerprint density at radius 2 is 2.08 bits per heavy atom. The molecule has 1 saturated heterocycles. The summed E-state index contributed by atoms with van der Waals surface area (Å²) in [6.45, 7) is 6.91. The minimum Gasteiger partial charge on any atom is -0.377 e. The molecule has 1 fully saturated rings. The molecule has 1 aliphatic heterocycles. The Morgan fingerprint density at radius 1 is 1.23 bits per heavy atom. The van der Waals surface area contributed by atoms with Crippen molar-refractivity contribution in [2.45, 2.75) is 26.5 Å². The third-order valence-corrected chi connectivity index (χ3v) is 5.71. The Bertz CT molecular complexity index is 871. The lowest BCUT2D eigenvalue weighted by molar-refractivity contribution is 0.174. The van der Waals surface area contributed by atoms with Crippen LogP contribution in [0.4, 0.5) is 5.82 Å². The van der Waals surface area contributed by atoms with Crippen LogP contribution in [0.5, 0.6) is 0 Å². The van der Waals surface area contributed by atoms with Gasteiger partial charge in [0.05, 0.1) is 11.9 Å². The van der Waals surface area contributed by atoms with Crippen molar-refractivity contribution in [1.29, 1.82) is 0 Å². The highest BCUT2D eigenvalue weighted by atomic mass is 32.1. The number of piperazine rings is 1. The molecule has 0 aliphatic carbocycles. The Balaban J connectivity index is 1.41. The van der Waals surface area contributed by atoms with Crippen LogP contribution in [0.2, 0.25) is 0 Å². The average molecular weight is 374 g/mol. The number of aromatic nitrogens is 4. The molecular weight excluding hydrogens is 352 g/mol. The van der Waals surface area contributed by atoms with Crippen molar-refractivity contribution in [1.82, 2.24) is 25.0 Å². The number of hydrogen-bond donors (Lipinski definition) is 0. The third-order valence-electron chi connectivity index (χ3n) is 4.52. The number of nitrogens with zero attached hydrogens (tertiary/aromatic N) is 6. The Kier molecular flexibility index (Phi) is 5.09. The first-order valence-corrected chi connectivity index (χ1v) is 9.59. The molecular formula is C17H22N6O2S. The lowest BCUT2D eigenvalue weighted by Crippen LogP contribution is -2.46. The van der Waals surface area contributed by atoms with E-state index in [1.54, 1.807) is 24.8 Å². The largest absolute Gasteiger partial charge is 0.377 e. The van der Waals surface area contributed by atoms with Crippen molar-refractivity contribution < 1.29 is 9.26 Å². The number of methoxy groups -OCH3 is 1. The highest BCUT2D eigenvalue weighted by Crippen LogP contribution is 2.31. The van der Waals surface area contributed by atoms with E-state index >= 15 is 0 Å². The second-order valence-corrected chi connectivity index (χ2v) is 7.40. The second kappa shape index (κ2) is 7.65. The fourth-order valence-corrected chi connectivity index (χ4v) is 4.10. The van der Waals surface area contributed by atoms with Crippen LogP contribution in [0, 0.1) is 0 Å². The number of hydrogen-bond acceptors (Lipinski definition) is 9. The summed E-state index contributed by atoms with van der Waals surface area (Å²) < 4.78 is 10.3. The summed E-state index contributed by atoms with van der Waals surface area (Å²) in [6.07, 6.45) is 2.71. The van der Waals surface area contributed by atoms with Gasteiger partial charge in [0.2, 0.25) is 5.89 Å². The molecule has 0 N–H and O–H groups in total. The Morgan fingerprint density at radius 3 is 2.85 bits per heavy atom. The topological polar surface area (TPSA) is 80.4 Å². The van der Waals surface area contributed by atoms with Gasteiger partial charge in [-0.05, 0) is 12.5 Å². The Labute approximate surface area is 155 Å². The minimum atomic E-state index is 0.376. The van der Waals surface area contributed by atoms with E-state index in [9.17, 15) is 0 Å². The van der Waals surface area contributed by atoms with Gasteiger partial charge in [-0.3, -0.25) is 4.90 Å². The van der Waals surface area contributed by atoms with Crippen LogP contribution < -0.4 is 4.90 Å². The maximum atomic E-state index is 5.29. The highest BCUT2D eigenvalue weighted by molar-refractivity contribution is 7.18. The molecule has 4 rings (SSSR count). The monoisotopic (exact) mass is 374 g/mol. The van der Waals surface area contributed by atoms with Crippen LogP contribution in [0.15, 0.2) is 16.9 Å². The summed E-state index contributed by atoms with van der Waals surface area (Å²) in [7, 11) is 1.62. The normalized spacial score (nSPS) is 15.8. The molecule has 0 unspecified atom stereocenters. The van der Waals surface area contributed by atoms with Crippen LogP contribution in [0.1, 0.15) is 23.5 Å². The number of aryl methyl sites for hydroxylation is 1. The molecule has 0 radical (unpaired) electrons. The number of fused-ring (bicyclic) bond motifs is 1. The maximum Gasteiger partial charge on any atom is 0.240 e. The fraction of sp³-hybridized carbons (Fsp3) is 0.529. The lowest BCUT2D eigenvalue weighted by atomic mass is 10.2. The molecule has 3 aromatic heterocycles. The first-order valence-electron chi connectivity index (χ1n) is 8.78. The number of ether oxygens (including phenoxy) is 1. The summed E-state index contributed by atoms with van der Waals surface area (Å²) in [5.74, 6) is 2.28. The van der Waals surface area contributed by atoms with Crippen molar-refractivity contribution in [2.75, 3.05) is 38.2 Å². The van der Waals surface area contributed by atoms with Crippen LogP contribution in [-0.2, 0) is 24.3 Å². The van der Waals surface area contributed by atoms with Gasteiger partial charge in [-0.25, -0.2) is 9.97 Å². The molecule has 26 heavy (non-hydrogen) atoms. The molecule has 0 atom stereocenters. The van der Waals surface area contributed by atoms with Crippen LogP contribution >= 0.6 is 11.3 Å². The van der Waals surface area contributed by atoms with Gasteiger partial charge in [-0.2, -0.15) is 4.98 Å². The molecule has 0 aromatic carbocycles. The predicted octanol–water partition coefficient (Wildman–Crippen LogP) is 2.11. The highest BCUT2D eigenvalue weighted by Gasteiger charge is 2.22. The quantitative estimate of drug-likeness (QED) is 0.649. The van der Waals surface area contributed by atoms with Gasteiger partial charge >= 0.3 is 0 Å². The van der Waals surface area contributed by atoms with Crippen molar-refractivity contribution in [3.63, 3.8) is 0 Å². The van der Waals surface area contributed by atoms with E-state index in [4.69, 9.17) is 9.26 Å².